The molecule has 0 spiro atoms. The number of carbonyl (C=O) groups excluding carboxylic acids is 2. The van der Waals surface area contributed by atoms with Crippen molar-refractivity contribution in [1.82, 2.24) is 10.2 Å². The van der Waals surface area contributed by atoms with Gasteiger partial charge in [0.25, 0.3) is 0 Å². The zero-order valence-corrected chi connectivity index (χ0v) is 16.1. The Morgan fingerprint density at radius 2 is 2.04 bits per heavy atom. The van der Waals surface area contributed by atoms with Gasteiger partial charge in [-0.05, 0) is 50.2 Å². The number of piperidine rings is 1. The monoisotopic (exact) mass is 344 g/mol. The van der Waals surface area contributed by atoms with Crippen molar-refractivity contribution in [3.8, 4) is 0 Å². The molecule has 0 saturated carbocycles. The van der Waals surface area contributed by atoms with Crippen molar-refractivity contribution in [2.75, 3.05) is 19.6 Å². The van der Waals surface area contributed by atoms with Crippen LogP contribution in [-0.4, -0.2) is 36.3 Å². The lowest BCUT2D eigenvalue weighted by atomic mass is 9.96. The largest absolute Gasteiger partial charge is 0.356 e. The van der Waals surface area contributed by atoms with Crippen LogP contribution in [0.3, 0.4) is 0 Å². The van der Waals surface area contributed by atoms with Gasteiger partial charge >= 0.3 is 0 Å². The molecule has 0 bridgehead atoms. The number of rotatable bonds is 6. The molecule has 1 atom stereocenters. The molecule has 1 aliphatic heterocycles. The fraction of sp³-hybridized carbons (Fsp3) is 0.619. The Morgan fingerprint density at radius 3 is 2.72 bits per heavy atom. The fourth-order valence-corrected chi connectivity index (χ4v) is 3.43. The molecule has 25 heavy (non-hydrogen) atoms. The summed E-state index contributed by atoms with van der Waals surface area (Å²) in [5.41, 5.74) is 3.78. The van der Waals surface area contributed by atoms with Crippen molar-refractivity contribution in [2.24, 2.45) is 11.8 Å². The number of hydrogen-bond acceptors (Lipinski definition) is 2. The summed E-state index contributed by atoms with van der Waals surface area (Å²) in [6, 6.07) is 6.42. The Bertz CT molecular complexity index is 610. The van der Waals surface area contributed by atoms with Gasteiger partial charge in [-0.2, -0.15) is 0 Å². The maximum atomic E-state index is 12.6. The smallest absolute Gasteiger partial charge is 0.222 e. The number of nitrogens with one attached hydrogen (secondary N) is 1. The maximum Gasteiger partial charge on any atom is 0.222 e. The van der Waals surface area contributed by atoms with E-state index in [4.69, 9.17) is 0 Å². The summed E-state index contributed by atoms with van der Waals surface area (Å²) >= 11 is 0. The Morgan fingerprint density at radius 1 is 1.28 bits per heavy atom. The molecule has 1 fully saturated rings. The first-order chi connectivity index (χ1) is 11.9. The average Bonchev–Trinajstić information content (AvgIpc) is 2.58. The summed E-state index contributed by atoms with van der Waals surface area (Å²) in [6.45, 7) is 10.3. The SMILES string of the molecule is Cc1ccc(CCC(=O)N2CCCC(CNC(=O)C(C)C)C2)c(C)c1. The summed E-state index contributed by atoms with van der Waals surface area (Å²) < 4.78 is 0. The Hall–Kier alpha value is -1.84. The van der Waals surface area contributed by atoms with Crippen LogP contribution in [0.2, 0.25) is 0 Å². The third-order valence-corrected chi connectivity index (χ3v) is 5.07. The highest BCUT2D eigenvalue weighted by molar-refractivity contribution is 5.78. The molecule has 1 aliphatic rings. The quantitative estimate of drug-likeness (QED) is 0.861. The molecule has 4 heteroatoms. The van der Waals surface area contributed by atoms with Gasteiger partial charge in [0.2, 0.25) is 11.8 Å². The first kappa shape index (κ1) is 19.5. The van der Waals surface area contributed by atoms with Crippen molar-refractivity contribution in [3.63, 3.8) is 0 Å². The lowest BCUT2D eigenvalue weighted by Gasteiger charge is -2.33. The van der Waals surface area contributed by atoms with E-state index in [0.29, 0.717) is 18.9 Å². The highest BCUT2D eigenvalue weighted by Gasteiger charge is 2.24. The summed E-state index contributed by atoms with van der Waals surface area (Å²) in [6.07, 6.45) is 3.47. The molecule has 0 radical (unpaired) electrons. The van der Waals surface area contributed by atoms with Crippen LogP contribution in [-0.2, 0) is 16.0 Å². The molecule has 2 rings (SSSR count). The molecule has 1 unspecified atom stereocenters. The minimum Gasteiger partial charge on any atom is -0.356 e. The Balaban J connectivity index is 1.81. The molecule has 0 aliphatic carbocycles. The molecular formula is C21H32N2O2. The molecular weight excluding hydrogens is 312 g/mol. The number of carbonyl (C=O) groups is 2. The van der Waals surface area contributed by atoms with Crippen LogP contribution in [0.5, 0.6) is 0 Å². The number of hydrogen-bond donors (Lipinski definition) is 1. The van der Waals surface area contributed by atoms with Crippen LogP contribution in [0.25, 0.3) is 0 Å². The Labute approximate surface area is 152 Å². The first-order valence-electron chi connectivity index (χ1n) is 9.48. The molecule has 1 N–H and O–H groups in total. The van der Waals surface area contributed by atoms with Crippen molar-refractivity contribution in [2.45, 2.75) is 53.4 Å². The van der Waals surface area contributed by atoms with Crippen LogP contribution in [0.15, 0.2) is 18.2 Å². The van der Waals surface area contributed by atoms with Gasteiger partial charge in [0.1, 0.15) is 0 Å². The molecule has 1 saturated heterocycles. The first-order valence-corrected chi connectivity index (χ1v) is 9.48. The molecule has 2 amide bonds. The fourth-order valence-electron chi connectivity index (χ4n) is 3.43. The summed E-state index contributed by atoms with van der Waals surface area (Å²) in [4.78, 5) is 26.3. The molecule has 138 valence electrons. The third-order valence-electron chi connectivity index (χ3n) is 5.07. The number of amides is 2. The highest BCUT2D eigenvalue weighted by atomic mass is 16.2. The van der Waals surface area contributed by atoms with Crippen molar-refractivity contribution < 1.29 is 9.59 Å². The predicted octanol–water partition coefficient (Wildman–Crippen LogP) is 3.25. The van der Waals surface area contributed by atoms with E-state index in [1.54, 1.807) is 0 Å². The van der Waals surface area contributed by atoms with E-state index in [1.165, 1.54) is 16.7 Å². The number of likely N-dealkylation sites (tertiary alicyclic amines) is 1. The van der Waals surface area contributed by atoms with Crippen LogP contribution in [0.4, 0.5) is 0 Å². The average molecular weight is 344 g/mol. The molecule has 1 aromatic carbocycles. The molecule has 1 aromatic rings. The second-order valence-electron chi connectivity index (χ2n) is 7.68. The topological polar surface area (TPSA) is 49.4 Å². The van der Waals surface area contributed by atoms with Crippen LogP contribution >= 0.6 is 0 Å². The maximum absolute atomic E-state index is 12.6. The van der Waals surface area contributed by atoms with Gasteiger partial charge in [-0.15, -0.1) is 0 Å². The van der Waals surface area contributed by atoms with Crippen LogP contribution < -0.4 is 5.32 Å². The lowest BCUT2D eigenvalue weighted by Crippen LogP contribution is -2.44. The van der Waals surface area contributed by atoms with Gasteiger partial charge in [-0.3, -0.25) is 9.59 Å². The van der Waals surface area contributed by atoms with Gasteiger partial charge in [0.05, 0.1) is 0 Å². The normalized spacial score (nSPS) is 17.6. The number of benzene rings is 1. The van der Waals surface area contributed by atoms with Crippen molar-refractivity contribution in [3.05, 3.63) is 34.9 Å². The van der Waals surface area contributed by atoms with Crippen molar-refractivity contribution >= 4 is 11.8 Å². The van der Waals surface area contributed by atoms with Gasteiger partial charge in [-0.1, -0.05) is 37.6 Å². The van der Waals surface area contributed by atoms with E-state index >= 15 is 0 Å². The second kappa shape index (κ2) is 9.02. The molecule has 4 nitrogen and oxygen atoms in total. The van der Waals surface area contributed by atoms with E-state index in [-0.39, 0.29) is 17.7 Å². The van der Waals surface area contributed by atoms with Crippen LogP contribution in [0.1, 0.15) is 49.8 Å². The predicted molar refractivity (Wildman–Crippen MR) is 101 cm³/mol. The van der Waals surface area contributed by atoms with Gasteiger partial charge in [0.15, 0.2) is 0 Å². The number of nitrogens with zero attached hydrogens (tertiary/aromatic N) is 1. The summed E-state index contributed by atoms with van der Waals surface area (Å²) in [5, 5.41) is 3.00. The zero-order chi connectivity index (χ0) is 18.4. The highest BCUT2D eigenvalue weighted by Crippen LogP contribution is 2.18. The van der Waals surface area contributed by atoms with E-state index in [2.05, 4.69) is 37.4 Å². The minimum absolute atomic E-state index is 0.0130. The molecule has 0 aromatic heterocycles. The van der Waals surface area contributed by atoms with Gasteiger partial charge < -0.3 is 10.2 Å². The summed E-state index contributed by atoms with van der Waals surface area (Å²) in [5.74, 6) is 0.721. The standard InChI is InChI=1S/C21H32N2O2/c1-15(2)21(25)22-13-18-6-5-11-23(14-18)20(24)10-9-19-8-7-16(3)12-17(19)4/h7-8,12,15,18H,5-6,9-11,13-14H2,1-4H3,(H,22,25). The van der Waals surface area contributed by atoms with E-state index < -0.39 is 0 Å². The van der Waals surface area contributed by atoms with E-state index in [9.17, 15) is 9.59 Å². The second-order valence-corrected chi connectivity index (χ2v) is 7.68. The number of aryl methyl sites for hydroxylation is 3. The lowest BCUT2D eigenvalue weighted by molar-refractivity contribution is -0.132. The third kappa shape index (κ3) is 5.87. The van der Waals surface area contributed by atoms with E-state index in [1.807, 2.05) is 18.7 Å². The van der Waals surface area contributed by atoms with E-state index in [0.717, 1.165) is 32.4 Å². The van der Waals surface area contributed by atoms with Crippen LogP contribution in [0, 0.1) is 25.7 Å². The Kier molecular flexibility index (Phi) is 7.03. The summed E-state index contributed by atoms with van der Waals surface area (Å²) in [7, 11) is 0. The van der Waals surface area contributed by atoms with Gasteiger partial charge in [-0.25, -0.2) is 0 Å². The minimum atomic E-state index is 0.0130. The zero-order valence-electron chi connectivity index (χ0n) is 16.1. The van der Waals surface area contributed by atoms with Crippen molar-refractivity contribution in [1.29, 1.82) is 0 Å². The molecule has 1 heterocycles. The van der Waals surface area contributed by atoms with Gasteiger partial charge in [0, 0.05) is 32.0 Å².